The zero-order chi connectivity index (χ0) is 16.9. The SMILES string of the molecule is CCS(=O)(=O)NC1CC(C2=CB(O)Oc3cnc4[nH]ccc4c32)C1. The normalized spacial score (nSPS) is 23.4. The average Bonchev–Trinajstić information content (AvgIpc) is 2.98. The van der Waals surface area contributed by atoms with Crippen LogP contribution in [0.15, 0.2) is 24.4 Å². The van der Waals surface area contributed by atoms with Crippen LogP contribution < -0.4 is 9.38 Å². The summed E-state index contributed by atoms with van der Waals surface area (Å²) in [5.74, 6) is 2.54. The van der Waals surface area contributed by atoms with Gasteiger partial charge in [-0.05, 0) is 43.3 Å². The van der Waals surface area contributed by atoms with Gasteiger partial charge in [0.15, 0.2) is 0 Å². The Kier molecular flexibility index (Phi) is 3.67. The second-order valence-corrected chi connectivity index (χ2v) is 8.30. The third-order valence-electron chi connectivity index (χ3n) is 4.71. The predicted molar refractivity (Wildman–Crippen MR) is 91.8 cm³/mol. The fourth-order valence-electron chi connectivity index (χ4n) is 3.42. The maximum absolute atomic E-state index is 11.7. The van der Waals surface area contributed by atoms with Crippen LogP contribution in [0.3, 0.4) is 0 Å². The number of nitrogens with one attached hydrogen (secondary N) is 2. The summed E-state index contributed by atoms with van der Waals surface area (Å²) in [5.41, 5.74) is 2.71. The van der Waals surface area contributed by atoms with Crippen LogP contribution in [-0.4, -0.2) is 42.3 Å². The van der Waals surface area contributed by atoms with Crippen LogP contribution in [0.4, 0.5) is 0 Å². The van der Waals surface area contributed by atoms with Crippen molar-refractivity contribution >= 4 is 33.7 Å². The van der Waals surface area contributed by atoms with E-state index in [1.165, 1.54) is 0 Å². The van der Waals surface area contributed by atoms with Crippen molar-refractivity contribution in [3.63, 3.8) is 0 Å². The Balaban J connectivity index is 1.62. The summed E-state index contributed by atoms with van der Waals surface area (Å²) in [6.07, 6.45) is 4.86. The lowest BCUT2D eigenvalue weighted by molar-refractivity contribution is 0.308. The van der Waals surface area contributed by atoms with Gasteiger partial charge in [0.25, 0.3) is 0 Å². The van der Waals surface area contributed by atoms with E-state index in [-0.39, 0.29) is 17.7 Å². The van der Waals surface area contributed by atoms with Gasteiger partial charge in [-0.2, -0.15) is 0 Å². The molecule has 1 aliphatic carbocycles. The van der Waals surface area contributed by atoms with E-state index in [0.29, 0.717) is 18.6 Å². The Morgan fingerprint density at radius 2 is 2.29 bits per heavy atom. The van der Waals surface area contributed by atoms with Crippen LogP contribution in [0, 0.1) is 5.92 Å². The number of fused-ring (bicyclic) bond motifs is 3. The summed E-state index contributed by atoms with van der Waals surface area (Å²) in [7, 11) is -4.19. The highest BCUT2D eigenvalue weighted by Gasteiger charge is 2.38. The largest absolute Gasteiger partial charge is 0.552 e. The van der Waals surface area contributed by atoms with Gasteiger partial charge in [0.2, 0.25) is 10.0 Å². The molecule has 0 spiro atoms. The molecule has 0 bridgehead atoms. The topological polar surface area (TPSA) is 104 Å². The fourth-order valence-corrected chi connectivity index (χ4v) is 4.29. The quantitative estimate of drug-likeness (QED) is 0.718. The van der Waals surface area contributed by atoms with E-state index in [1.807, 2.05) is 12.3 Å². The number of H-pyrrole nitrogens is 1. The van der Waals surface area contributed by atoms with Gasteiger partial charge in [-0.3, -0.25) is 0 Å². The first-order valence-corrected chi connectivity index (χ1v) is 9.65. The number of sulfonamides is 1. The second kappa shape index (κ2) is 5.61. The summed E-state index contributed by atoms with van der Waals surface area (Å²) in [6.45, 7) is 1.63. The van der Waals surface area contributed by atoms with Crippen molar-refractivity contribution in [1.82, 2.24) is 14.7 Å². The summed E-state index contributed by atoms with van der Waals surface area (Å²) >= 11 is 0. The molecule has 7 nitrogen and oxygen atoms in total. The van der Waals surface area contributed by atoms with Gasteiger partial charge >= 0.3 is 7.12 Å². The van der Waals surface area contributed by atoms with E-state index in [1.54, 1.807) is 19.1 Å². The molecule has 126 valence electrons. The highest BCUT2D eigenvalue weighted by molar-refractivity contribution is 7.89. The lowest BCUT2D eigenvalue weighted by atomic mass is 9.68. The van der Waals surface area contributed by atoms with Crippen LogP contribution >= 0.6 is 0 Å². The first-order valence-electron chi connectivity index (χ1n) is 7.99. The number of aromatic amines is 1. The number of hydrogen-bond donors (Lipinski definition) is 3. The molecule has 0 radical (unpaired) electrons. The Hall–Kier alpha value is -1.84. The Morgan fingerprint density at radius 3 is 3.04 bits per heavy atom. The van der Waals surface area contributed by atoms with Gasteiger partial charge in [0.1, 0.15) is 11.4 Å². The Morgan fingerprint density at radius 1 is 1.50 bits per heavy atom. The molecule has 0 amide bonds. The van der Waals surface area contributed by atoms with Crippen molar-refractivity contribution in [2.75, 3.05) is 5.75 Å². The van der Waals surface area contributed by atoms with Gasteiger partial charge in [-0.25, -0.2) is 18.1 Å². The zero-order valence-corrected chi connectivity index (χ0v) is 14.0. The highest BCUT2D eigenvalue weighted by Crippen LogP contribution is 2.46. The lowest BCUT2D eigenvalue weighted by Crippen LogP contribution is -2.45. The third-order valence-corrected chi connectivity index (χ3v) is 6.17. The molecule has 2 aromatic heterocycles. The molecule has 0 unspecified atom stereocenters. The van der Waals surface area contributed by atoms with Crippen molar-refractivity contribution in [3.8, 4) is 5.75 Å². The summed E-state index contributed by atoms with van der Waals surface area (Å²) in [6, 6.07) is 1.89. The number of allylic oxidation sites excluding steroid dienone is 1. The zero-order valence-electron chi connectivity index (χ0n) is 13.2. The van der Waals surface area contributed by atoms with Crippen molar-refractivity contribution < 1.29 is 18.1 Å². The number of rotatable bonds is 4. The molecule has 0 aromatic carbocycles. The van der Waals surface area contributed by atoms with Crippen LogP contribution in [0.5, 0.6) is 5.75 Å². The van der Waals surface area contributed by atoms with Crippen molar-refractivity contribution in [3.05, 3.63) is 30.0 Å². The van der Waals surface area contributed by atoms with E-state index in [0.717, 1.165) is 22.2 Å². The molecule has 2 aromatic rings. The molecule has 9 heteroatoms. The molecule has 24 heavy (non-hydrogen) atoms. The molecular weight excluding hydrogens is 329 g/mol. The van der Waals surface area contributed by atoms with Crippen LogP contribution in [0.1, 0.15) is 25.3 Å². The molecule has 3 heterocycles. The number of hydrogen-bond acceptors (Lipinski definition) is 5. The fraction of sp³-hybridized carbons (Fsp3) is 0.400. The van der Waals surface area contributed by atoms with E-state index in [9.17, 15) is 13.4 Å². The monoisotopic (exact) mass is 347 g/mol. The van der Waals surface area contributed by atoms with Crippen molar-refractivity contribution in [2.45, 2.75) is 25.8 Å². The minimum Gasteiger partial charge on any atom is -0.531 e. The second-order valence-electron chi connectivity index (χ2n) is 6.25. The number of aromatic nitrogens is 2. The first-order chi connectivity index (χ1) is 11.5. The van der Waals surface area contributed by atoms with Gasteiger partial charge in [0, 0.05) is 23.2 Å². The van der Waals surface area contributed by atoms with Gasteiger partial charge in [-0.15, -0.1) is 0 Å². The molecule has 1 saturated carbocycles. The van der Waals surface area contributed by atoms with Crippen LogP contribution in [0.2, 0.25) is 0 Å². The Labute approximate surface area is 140 Å². The molecular formula is C15H18BN3O4S. The molecule has 0 atom stereocenters. The minimum absolute atomic E-state index is 0.0483. The maximum Gasteiger partial charge on any atom is 0.552 e. The number of pyridine rings is 1. The third kappa shape index (κ3) is 2.62. The van der Waals surface area contributed by atoms with E-state index in [2.05, 4.69) is 14.7 Å². The maximum atomic E-state index is 11.7. The van der Waals surface area contributed by atoms with Crippen molar-refractivity contribution in [1.29, 1.82) is 0 Å². The summed E-state index contributed by atoms with van der Waals surface area (Å²) < 4.78 is 31.5. The van der Waals surface area contributed by atoms with Gasteiger partial charge < -0.3 is 14.7 Å². The van der Waals surface area contributed by atoms with Crippen LogP contribution in [-0.2, 0) is 10.0 Å². The summed E-state index contributed by atoms with van der Waals surface area (Å²) in [5, 5.41) is 10.9. The molecule has 4 rings (SSSR count). The lowest BCUT2D eigenvalue weighted by Gasteiger charge is -2.39. The van der Waals surface area contributed by atoms with E-state index in [4.69, 9.17) is 4.65 Å². The van der Waals surface area contributed by atoms with E-state index < -0.39 is 17.1 Å². The smallest absolute Gasteiger partial charge is 0.531 e. The number of nitrogens with zero attached hydrogens (tertiary/aromatic N) is 1. The molecule has 1 aliphatic heterocycles. The molecule has 0 saturated heterocycles. The summed E-state index contributed by atoms with van der Waals surface area (Å²) in [4.78, 5) is 7.37. The molecule has 3 N–H and O–H groups in total. The molecule has 1 fully saturated rings. The van der Waals surface area contributed by atoms with Gasteiger partial charge in [-0.1, -0.05) is 0 Å². The first kappa shape index (κ1) is 15.7. The predicted octanol–water partition coefficient (Wildman–Crippen LogP) is 1.08. The van der Waals surface area contributed by atoms with E-state index >= 15 is 0 Å². The van der Waals surface area contributed by atoms with Crippen LogP contribution in [0.25, 0.3) is 16.6 Å². The standard InChI is InChI=1S/C15H18BN3O4S/c1-2-24(21,22)19-10-5-9(6-10)12-7-16(20)23-13-8-18-15-11(14(12)13)3-4-17-15/h3-4,7-10,19-20H,2,5-6H2,1H3,(H,17,18). The molecule has 2 aliphatic rings. The Bertz CT molecular complexity index is 918. The van der Waals surface area contributed by atoms with Gasteiger partial charge in [0.05, 0.1) is 11.9 Å². The average molecular weight is 347 g/mol. The van der Waals surface area contributed by atoms with Crippen molar-refractivity contribution in [2.24, 2.45) is 5.92 Å². The minimum atomic E-state index is -3.19. The highest BCUT2D eigenvalue weighted by atomic mass is 32.2.